The Morgan fingerprint density at radius 1 is 1.25 bits per heavy atom. The van der Waals surface area contributed by atoms with Crippen LogP contribution in [-0.4, -0.2) is 6.04 Å². The minimum Gasteiger partial charge on any atom is -0.456 e. The first-order valence-electron chi connectivity index (χ1n) is 6.65. The molecule has 1 N–H and O–H groups in total. The first-order valence-corrected chi connectivity index (χ1v) is 7.44. The topological polar surface area (TPSA) is 25.2 Å². The quantitative estimate of drug-likeness (QED) is 0.780. The molecule has 0 unspecified atom stereocenters. The number of hydrogen-bond donors (Lipinski definition) is 1. The van der Waals surface area contributed by atoms with Gasteiger partial charge in [-0.05, 0) is 27.9 Å². The molecule has 1 aromatic carbocycles. The first kappa shape index (κ1) is 15.4. The van der Waals surface area contributed by atoms with Crippen molar-refractivity contribution in [2.75, 3.05) is 0 Å². The van der Waals surface area contributed by atoms with Crippen LogP contribution in [0.15, 0.2) is 15.0 Å². The molecule has 0 fully saturated rings. The summed E-state index contributed by atoms with van der Waals surface area (Å²) in [4.78, 5) is 0. The molecule has 0 spiro atoms. The average molecular weight is 346 g/mol. The van der Waals surface area contributed by atoms with Gasteiger partial charge in [0.25, 0.3) is 0 Å². The Morgan fingerprint density at radius 3 is 2.45 bits per heavy atom. The second-order valence-electron chi connectivity index (χ2n) is 5.49. The van der Waals surface area contributed by atoms with Gasteiger partial charge in [0.2, 0.25) is 5.82 Å². The highest BCUT2D eigenvalue weighted by molar-refractivity contribution is 9.10. The zero-order valence-corrected chi connectivity index (χ0v) is 13.6. The fourth-order valence-electron chi connectivity index (χ4n) is 2.28. The molecule has 0 amide bonds. The lowest BCUT2D eigenvalue weighted by molar-refractivity contribution is 0.455. The van der Waals surface area contributed by atoms with E-state index in [1.807, 2.05) is 27.7 Å². The summed E-state index contributed by atoms with van der Waals surface area (Å²) in [7, 11) is 0. The van der Waals surface area contributed by atoms with E-state index in [2.05, 4.69) is 21.2 Å². The second kappa shape index (κ2) is 5.82. The molecule has 5 heteroatoms. The van der Waals surface area contributed by atoms with E-state index in [0.717, 1.165) is 11.6 Å². The summed E-state index contributed by atoms with van der Waals surface area (Å²) < 4.78 is 33.5. The number of halogens is 3. The van der Waals surface area contributed by atoms with Crippen molar-refractivity contribution >= 4 is 26.9 Å². The largest absolute Gasteiger partial charge is 0.456 e. The molecule has 2 nitrogen and oxygen atoms in total. The summed E-state index contributed by atoms with van der Waals surface area (Å²) in [5.41, 5.74) is 0.903. The van der Waals surface area contributed by atoms with Gasteiger partial charge in [0, 0.05) is 21.5 Å². The molecule has 2 rings (SSSR count). The van der Waals surface area contributed by atoms with Crippen molar-refractivity contribution in [1.82, 2.24) is 5.32 Å². The van der Waals surface area contributed by atoms with E-state index in [-0.39, 0.29) is 17.5 Å². The van der Waals surface area contributed by atoms with Gasteiger partial charge >= 0.3 is 0 Å². The molecule has 0 saturated heterocycles. The van der Waals surface area contributed by atoms with Crippen LogP contribution in [0.3, 0.4) is 0 Å². The smallest absolute Gasteiger partial charge is 0.201 e. The zero-order chi connectivity index (χ0) is 15.0. The van der Waals surface area contributed by atoms with Crippen molar-refractivity contribution in [3.63, 3.8) is 0 Å². The van der Waals surface area contributed by atoms with Crippen LogP contribution in [0.4, 0.5) is 8.78 Å². The fraction of sp³-hybridized carbons (Fsp3) is 0.467. The van der Waals surface area contributed by atoms with Gasteiger partial charge in [-0.1, -0.05) is 27.7 Å². The second-order valence-corrected chi connectivity index (χ2v) is 6.34. The molecule has 110 valence electrons. The standard InChI is InChI=1S/C15H18BrF2NO/c1-7(2)12-11(6-19-8(3)4)20-15-13(12)9(16)5-10(17)14(15)18/h5,7-8,19H,6H2,1-4H3. The van der Waals surface area contributed by atoms with Gasteiger partial charge in [-0.2, -0.15) is 4.39 Å². The Morgan fingerprint density at radius 2 is 1.90 bits per heavy atom. The Bertz CT molecular complexity index is 635. The Labute approximate surface area is 125 Å². The zero-order valence-electron chi connectivity index (χ0n) is 12.0. The third-order valence-electron chi connectivity index (χ3n) is 3.17. The SMILES string of the molecule is CC(C)NCc1oc2c(F)c(F)cc(Br)c2c1C(C)C. The summed E-state index contributed by atoms with van der Waals surface area (Å²) in [6, 6.07) is 1.44. The van der Waals surface area contributed by atoms with Crippen LogP contribution in [0.1, 0.15) is 44.9 Å². The van der Waals surface area contributed by atoms with Gasteiger partial charge in [0.1, 0.15) is 5.76 Å². The third kappa shape index (κ3) is 2.74. The van der Waals surface area contributed by atoms with Crippen LogP contribution in [-0.2, 0) is 6.54 Å². The maximum absolute atomic E-state index is 13.9. The first-order chi connectivity index (χ1) is 9.32. The van der Waals surface area contributed by atoms with Crippen LogP contribution >= 0.6 is 15.9 Å². The molecule has 1 aromatic heterocycles. The molecule has 0 aliphatic heterocycles. The van der Waals surface area contributed by atoms with Crippen molar-refractivity contribution in [2.45, 2.75) is 46.2 Å². The summed E-state index contributed by atoms with van der Waals surface area (Å²) in [6.07, 6.45) is 0. The van der Waals surface area contributed by atoms with E-state index in [1.165, 1.54) is 0 Å². The van der Waals surface area contributed by atoms with Crippen molar-refractivity contribution in [2.24, 2.45) is 0 Å². The van der Waals surface area contributed by atoms with Crippen LogP contribution in [0, 0.1) is 11.6 Å². The molecule has 1 heterocycles. The predicted octanol–water partition coefficient (Wildman–Crippen LogP) is 5.09. The van der Waals surface area contributed by atoms with E-state index in [1.54, 1.807) is 0 Å². The fourth-order valence-corrected chi connectivity index (χ4v) is 2.87. The van der Waals surface area contributed by atoms with Gasteiger partial charge in [-0.3, -0.25) is 0 Å². The number of nitrogens with one attached hydrogen (secondary N) is 1. The van der Waals surface area contributed by atoms with Gasteiger partial charge < -0.3 is 9.73 Å². The average Bonchev–Trinajstić information content (AvgIpc) is 2.73. The molecule has 0 radical (unpaired) electrons. The summed E-state index contributed by atoms with van der Waals surface area (Å²) in [5, 5.41) is 3.87. The normalized spacial score (nSPS) is 12.1. The van der Waals surface area contributed by atoms with E-state index in [0.29, 0.717) is 22.2 Å². The lowest BCUT2D eigenvalue weighted by atomic mass is 9.99. The molecule has 0 bridgehead atoms. The maximum atomic E-state index is 13.9. The van der Waals surface area contributed by atoms with Gasteiger partial charge in [0.05, 0.1) is 6.54 Å². The molecule has 0 atom stereocenters. The summed E-state index contributed by atoms with van der Waals surface area (Å²) in [6.45, 7) is 8.56. The lowest BCUT2D eigenvalue weighted by Gasteiger charge is -2.10. The van der Waals surface area contributed by atoms with E-state index in [9.17, 15) is 8.78 Å². The molecule has 20 heavy (non-hydrogen) atoms. The van der Waals surface area contributed by atoms with Crippen LogP contribution < -0.4 is 5.32 Å². The van der Waals surface area contributed by atoms with Gasteiger partial charge in [-0.15, -0.1) is 0 Å². The molecular weight excluding hydrogens is 328 g/mol. The van der Waals surface area contributed by atoms with Crippen molar-refractivity contribution in [1.29, 1.82) is 0 Å². The number of benzene rings is 1. The molecule has 0 saturated carbocycles. The number of furan rings is 1. The van der Waals surface area contributed by atoms with Crippen molar-refractivity contribution in [3.8, 4) is 0 Å². The monoisotopic (exact) mass is 345 g/mol. The molecular formula is C15H18BrF2NO. The van der Waals surface area contributed by atoms with Crippen LogP contribution in [0.2, 0.25) is 0 Å². The van der Waals surface area contributed by atoms with Gasteiger partial charge in [-0.25, -0.2) is 4.39 Å². The highest BCUT2D eigenvalue weighted by Gasteiger charge is 2.23. The number of hydrogen-bond acceptors (Lipinski definition) is 2. The Balaban J connectivity index is 2.66. The van der Waals surface area contributed by atoms with Crippen molar-refractivity contribution in [3.05, 3.63) is 33.5 Å². The number of rotatable bonds is 4. The van der Waals surface area contributed by atoms with Gasteiger partial charge in [0.15, 0.2) is 11.4 Å². The molecule has 2 aromatic rings. The highest BCUT2D eigenvalue weighted by atomic mass is 79.9. The van der Waals surface area contributed by atoms with E-state index >= 15 is 0 Å². The van der Waals surface area contributed by atoms with E-state index in [4.69, 9.17) is 4.42 Å². The minimum atomic E-state index is -0.930. The Hall–Kier alpha value is -0.940. The van der Waals surface area contributed by atoms with Crippen LogP contribution in [0.5, 0.6) is 0 Å². The number of fused-ring (bicyclic) bond motifs is 1. The lowest BCUT2D eigenvalue weighted by Crippen LogP contribution is -2.22. The third-order valence-corrected chi connectivity index (χ3v) is 3.80. The van der Waals surface area contributed by atoms with Crippen LogP contribution in [0.25, 0.3) is 11.0 Å². The molecule has 0 aliphatic rings. The summed E-state index contributed by atoms with van der Waals surface area (Å²) >= 11 is 3.31. The molecule has 0 aliphatic carbocycles. The highest BCUT2D eigenvalue weighted by Crippen LogP contribution is 2.38. The van der Waals surface area contributed by atoms with Crippen molar-refractivity contribution < 1.29 is 13.2 Å². The summed E-state index contributed by atoms with van der Waals surface area (Å²) in [5.74, 6) is -1.02. The minimum absolute atomic E-state index is 0.0128. The van der Waals surface area contributed by atoms with E-state index < -0.39 is 11.6 Å². The predicted molar refractivity (Wildman–Crippen MR) is 79.9 cm³/mol. The maximum Gasteiger partial charge on any atom is 0.201 e. The Kier molecular flexibility index (Phi) is 4.49.